The van der Waals surface area contributed by atoms with Gasteiger partial charge in [0.2, 0.25) is 0 Å². The summed E-state index contributed by atoms with van der Waals surface area (Å²) in [7, 11) is 0. The maximum atomic E-state index is 10.6. The molecule has 1 aromatic heterocycles. The van der Waals surface area contributed by atoms with Crippen molar-refractivity contribution in [2.45, 2.75) is 31.8 Å². The number of rotatable bonds is 4. The van der Waals surface area contributed by atoms with E-state index >= 15 is 0 Å². The Hall–Kier alpha value is -1.53. The molecule has 0 spiro atoms. The highest BCUT2D eigenvalue weighted by molar-refractivity contribution is 5.71. The van der Waals surface area contributed by atoms with Crippen LogP contribution in [0, 0.1) is 5.92 Å². The molecule has 2 aliphatic rings. The van der Waals surface area contributed by atoms with E-state index in [1.165, 1.54) is 0 Å². The Morgan fingerprint density at radius 2 is 1.82 bits per heavy atom. The van der Waals surface area contributed by atoms with Crippen LogP contribution in [0.4, 0.5) is 5.82 Å². The number of nitrogens with zero attached hydrogens (tertiary/aromatic N) is 4. The molecule has 2 fully saturated rings. The Kier molecular flexibility index (Phi) is 5.00. The molecule has 0 saturated carbocycles. The van der Waals surface area contributed by atoms with Gasteiger partial charge in [-0.05, 0) is 43.7 Å². The van der Waals surface area contributed by atoms with E-state index < -0.39 is 0 Å². The van der Waals surface area contributed by atoms with Gasteiger partial charge in [-0.25, -0.2) is 0 Å². The molecule has 120 valence electrons. The van der Waals surface area contributed by atoms with Gasteiger partial charge in [0.15, 0.2) is 12.1 Å². The summed E-state index contributed by atoms with van der Waals surface area (Å²) >= 11 is 0. The molecule has 22 heavy (non-hydrogen) atoms. The van der Waals surface area contributed by atoms with Crippen molar-refractivity contribution in [3.05, 3.63) is 17.8 Å². The predicted octanol–water partition coefficient (Wildman–Crippen LogP) is 0.962. The van der Waals surface area contributed by atoms with Crippen molar-refractivity contribution in [2.75, 3.05) is 37.6 Å². The van der Waals surface area contributed by atoms with E-state index in [0.717, 1.165) is 76.4 Å². The second-order valence-corrected chi connectivity index (χ2v) is 6.40. The van der Waals surface area contributed by atoms with E-state index in [4.69, 9.17) is 0 Å². The van der Waals surface area contributed by atoms with Crippen LogP contribution in [0.2, 0.25) is 0 Å². The van der Waals surface area contributed by atoms with Gasteiger partial charge in [-0.2, -0.15) is 0 Å². The highest BCUT2D eigenvalue weighted by atomic mass is 16.3. The fourth-order valence-corrected chi connectivity index (χ4v) is 3.38. The first-order valence-electron chi connectivity index (χ1n) is 8.19. The molecule has 1 N–H and O–H groups in total. The highest BCUT2D eigenvalue weighted by Crippen LogP contribution is 2.23. The Labute approximate surface area is 131 Å². The molecular formula is C16H24N4O2. The minimum absolute atomic E-state index is 0.0917. The molecule has 6 nitrogen and oxygen atoms in total. The number of aliphatic hydroxyl groups is 1. The van der Waals surface area contributed by atoms with E-state index in [1.807, 2.05) is 6.07 Å². The summed E-state index contributed by atoms with van der Waals surface area (Å²) in [5.74, 6) is 1.60. The fraction of sp³-hybridized carbons (Fsp3) is 0.688. The van der Waals surface area contributed by atoms with Crippen molar-refractivity contribution >= 4 is 12.1 Å². The lowest BCUT2D eigenvalue weighted by atomic mass is 9.95. The average Bonchev–Trinajstić information content (AvgIpc) is 2.58. The van der Waals surface area contributed by atoms with Crippen molar-refractivity contribution in [3.8, 4) is 0 Å². The van der Waals surface area contributed by atoms with E-state index in [1.54, 1.807) is 6.07 Å². The van der Waals surface area contributed by atoms with E-state index in [9.17, 15) is 9.90 Å². The molecule has 0 bridgehead atoms. The van der Waals surface area contributed by atoms with E-state index in [-0.39, 0.29) is 6.10 Å². The lowest BCUT2D eigenvalue weighted by Crippen LogP contribution is -2.42. The maximum Gasteiger partial charge on any atom is 0.170 e. The number of aromatic nitrogens is 2. The van der Waals surface area contributed by atoms with Gasteiger partial charge >= 0.3 is 0 Å². The molecule has 0 radical (unpaired) electrons. The molecule has 3 heterocycles. The quantitative estimate of drug-likeness (QED) is 0.836. The third-order valence-corrected chi connectivity index (χ3v) is 4.80. The average molecular weight is 304 g/mol. The molecule has 0 amide bonds. The lowest BCUT2D eigenvalue weighted by molar-refractivity contribution is 0.0724. The van der Waals surface area contributed by atoms with Crippen LogP contribution in [0.3, 0.4) is 0 Å². The molecule has 0 aromatic carbocycles. The SMILES string of the molecule is O=Cc1ccc(N2CCC(CN3CCC(O)CC3)CC2)nn1. The molecule has 0 aliphatic carbocycles. The van der Waals surface area contributed by atoms with Crippen molar-refractivity contribution in [1.29, 1.82) is 0 Å². The Morgan fingerprint density at radius 3 is 2.41 bits per heavy atom. The first-order valence-corrected chi connectivity index (χ1v) is 8.19. The summed E-state index contributed by atoms with van der Waals surface area (Å²) in [5, 5.41) is 17.6. The zero-order valence-corrected chi connectivity index (χ0v) is 12.9. The van der Waals surface area contributed by atoms with Crippen LogP contribution in [0.15, 0.2) is 12.1 Å². The molecule has 3 rings (SSSR count). The van der Waals surface area contributed by atoms with Gasteiger partial charge in [0, 0.05) is 32.7 Å². The van der Waals surface area contributed by atoms with Crippen LogP contribution in [0.25, 0.3) is 0 Å². The second kappa shape index (κ2) is 7.15. The van der Waals surface area contributed by atoms with Crippen molar-refractivity contribution in [1.82, 2.24) is 15.1 Å². The third-order valence-electron chi connectivity index (χ3n) is 4.80. The predicted molar refractivity (Wildman–Crippen MR) is 84.0 cm³/mol. The summed E-state index contributed by atoms with van der Waals surface area (Å²) in [4.78, 5) is 15.3. The Bertz CT molecular complexity index is 477. The summed E-state index contributed by atoms with van der Waals surface area (Å²) in [5.41, 5.74) is 0.380. The topological polar surface area (TPSA) is 69.6 Å². The molecule has 2 aliphatic heterocycles. The van der Waals surface area contributed by atoms with E-state index in [2.05, 4.69) is 20.0 Å². The van der Waals surface area contributed by atoms with Crippen LogP contribution < -0.4 is 4.90 Å². The normalized spacial score (nSPS) is 22.0. The molecule has 1 aromatic rings. The van der Waals surface area contributed by atoms with Crippen LogP contribution in [-0.4, -0.2) is 65.3 Å². The number of aldehydes is 1. The van der Waals surface area contributed by atoms with Crippen LogP contribution in [0.1, 0.15) is 36.2 Å². The van der Waals surface area contributed by atoms with Gasteiger partial charge in [-0.1, -0.05) is 0 Å². The maximum absolute atomic E-state index is 10.6. The van der Waals surface area contributed by atoms with Crippen LogP contribution in [-0.2, 0) is 0 Å². The number of aliphatic hydroxyl groups excluding tert-OH is 1. The van der Waals surface area contributed by atoms with E-state index in [0.29, 0.717) is 5.69 Å². The van der Waals surface area contributed by atoms with Gasteiger partial charge < -0.3 is 14.9 Å². The second-order valence-electron chi connectivity index (χ2n) is 6.40. The highest BCUT2D eigenvalue weighted by Gasteiger charge is 2.24. The van der Waals surface area contributed by atoms with Gasteiger partial charge in [0.1, 0.15) is 5.69 Å². The zero-order chi connectivity index (χ0) is 15.4. The molecule has 0 unspecified atom stereocenters. The van der Waals surface area contributed by atoms with Gasteiger partial charge in [-0.15, -0.1) is 10.2 Å². The van der Waals surface area contributed by atoms with Crippen LogP contribution >= 0.6 is 0 Å². The summed E-state index contributed by atoms with van der Waals surface area (Å²) in [6.07, 6.45) is 4.78. The summed E-state index contributed by atoms with van der Waals surface area (Å²) < 4.78 is 0. The number of hydrogen-bond acceptors (Lipinski definition) is 6. The largest absolute Gasteiger partial charge is 0.393 e. The van der Waals surface area contributed by atoms with Crippen LogP contribution in [0.5, 0.6) is 0 Å². The zero-order valence-electron chi connectivity index (χ0n) is 12.9. The first kappa shape index (κ1) is 15.4. The monoisotopic (exact) mass is 304 g/mol. The number of carbonyl (C=O) groups is 1. The smallest absolute Gasteiger partial charge is 0.170 e. The standard InChI is InChI=1S/C16H24N4O2/c21-12-14-1-2-16(18-17-14)20-9-3-13(4-10-20)11-19-7-5-15(22)6-8-19/h1-2,12-13,15,22H,3-11H2. The van der Waals surface area contributed by atoms with Gasteiger partial charge in [0.25, 0.3) is 0 Å². The Morgan fingerprint density at radius 1 is 1.09 bits per heavy atom. The summed E-state index contributed by atoms with van der Waals surface area (Å²) in [6, 6.07) is 3.60. The van der Waals surface area contributed by atoms with Crippen molar-refractivity contribution in [3.63, 3.8) is 0 Å². The van der Waals surface area contributed by atoms with Gasteiger partial charge in [0.05, 0.1) is 6.10 Å². The van der Waals surface area contributed by atoms with Crippen molar-refractivity contribution in [2.24, 2.45) is 5.92 Å². The lowest BCUT2D eigenvalue weighted by Gasteiger charge is -2.37. The number of piperidine rings is 2. The fourth-order valence-electron chi connectivity index (χ4n) is 3.38. The first-order chi connectivity index (χ1) is 10.7. The third kappa shape index (κ3) is 3.81. The summed E-state index contributed by atoms with van der Waals surface area (Å²) in [6.45, 7) is 5.20. The minimum atomic E-state index is -0.0917. The molecule has 0 atom stereocenters. The molecule has 2 saturated heterocycles. The van der Waals surface area contributed by atoms with Crippen molar-refractivity contribution < 1.29 is 9.90 Å². The number of anilines is 1. The van der Waals surface area contributed by atoms with Gasteiger partial charge in [-0.3, -0.25) is 4.79 Å². The number of carbonyl (C=O) groups excluding carboxylic acids is 1. The minimum Gasteiger partial charge on any atom is -0.393 e. The molecule has 6 heteroatoms. The number of hydrogen-bond donors (Lipinski definition) is 1. The Balaban J connectivity index is 1.46. The number of likely N-dealkylation sites (tertiary alicyclic amines) is 1. The molecular weight excluding hydrogens is 280 g/mol.